The molecule has 1 aromatic carbocycles. The summed E-state index contributed by atoms with van der Waals surface area (Å²) in [5, 5.41) is 9.17. The minimum Gasteiger partial charge on any atom is -0.307 e. The summed E-state index contributed by atoms with van der Waals surface area (Å²) in [6.07, 6.45) is 4.09. The van der Waals surface area contributed by atoms with E-state index < -0.39 is 0 Å². The Kier molecular flexibility index (Phi) is 3.93. The fraction of sp³-hybridized carbons (Fsp3) is 0.353. The lowest BCUT2D eigenvalue weighted by molar-refractivity contribution is 0.358. The summed E-state index contributed by atoms with van der Waals surface area (Å²) >= 11 is 1.76. The number of nitrogens with zero attached hydrogens (tertiary/aromatic N) is 4. The number of aryl methyl sites for hydroxylation is 2. The molecule has 0 saturated carbocycles. The molecule has 23 heavy (non-hydrogen) atoms. The molecule has 3 aromatic rings. The van der Waals surface area contributed by atoms with Crippen molar-refractivity contribution in [1.82, 2.24) is 25.1 Å². The zero-order valence-electron chi connectivity index (χ0n) is 13.1. The lowest BCUT2D eigenvalue weighted by Crippen LogP contribution is -2.37. The lowest BCUT2D eigenvalue weighted by Gasteiger charge is -2.23. The van der Waals surface area contributed by atoms with Crippen LogP contribution in [-0.4, -0.2) is 25.8 Å². The fourth-order valence-corrected chi connectivity index (χ4v) is 3.82. The number of fused-ring (bicyclic) bond motifs is 1. The highest BCUT2D eigenvalue weighted by Crippen LogP contribution is 2.25. The van der Waals surface area contributed by atoms with E-state index in [0.29, 0.717) is 6.04 Å². The van der Waals surface area contributed by atoms with Gasteiger partial charge < -0.3 is 5.32 Å². The van der Waals surface area contributed by atoms with Crippen molar-refractivity contribution in [2.24, 2.45) is 0 Å². The molecular formula is C17H19N5S. The van der Waals surface area contributed by atoms with Gasteiger partial charge in [0.15, 0.2) is 0 Å². The van der Waals surface area contributed by atoms with Crippen LogP contribution >= 0.6 is 11.3 Å². The molecule has 0 bridgehead atoms. The molecule has 0 spiro atoms. The lowest BCUT2D eigenvalue weighted by atomic mass is 10.1. The van der Waals surface area contributed by atoms with Crippen LogP contribution < -0.4 is 5.32 Å². The van der Waals surface area contributed by atoms with Crippen LogP contribution in [0.4, 0.5) is 0 Å². The largest absolute Gasteiger partial charge is 0.307 e. The van der Waals surface area contributed by atoms with E-state index in [-0.39, 0.29) is 0 Å². The Morgan fingerprint density at radius 1 is 1.30 bits per heavy atom. The van der Waals surface area contributed by atoms with Crippen LogP contribution in [0.25, 0.3) is 10.6 Å². The number of aromatic nitrogens is 4. The summed E-state index contributed by atoms with van der Waals surface area (Å²) in [6, 6.07) is 10.8. The van der Waals surface area contributed by atoms with Gasteiger partial charge >= 0.3 is 0 Å². The third kappa shape index (κ3) is 3.18. The van der Waals surface area contributed by atoms with Gasteiger partial charge in [-0.25, -0.2) is 14.6 Å². The quantitative estimate of drug-likeness (QED) is 0.801. The van der Waals surface area contributed by atoms with E-state index in [1.54, 1.807) is 11.3 Å². The Labute approximate surface area is 139 Å². The fourth-order valence-electron chi connectivity index (χ4n) is 2.95. The molecule has 0 radical (unpaired) electrons. The Bertz CT molecular complexity index is 792. The Balaban J connectivity index is 1.38. The molecule has 0 saturated heterocycles. The number of hydrogen-bond acceptors (Lipinski definition) is 5. The molecule has 0 aliphatic carbocycles. The van der Waals surface area contributed by atoms with Crippen molar-refractivity contribution in [3.05, 3.63) is 53.1 Å². The van der Waals surface area contributed by atoms with Crippen LogP contribution in [-0.2, 0) is 19.5 Å². The molecule has 0 fully saturated rings. The van der Waals surface area contributed by atoms with E-state index in [9.17, 15) is 0 Å². The average Bonchev–Trinajstić information content (AvgIpc) is 3.18. The highest BCUT2D eigenvalue weighted by molar-refractivity contribution is 7.15. The molecular weight excluding hydrogens is 306 g/mol. The normalized spacial score (nSPS) is 17.2. The standard InChI is InChI=1S/C17H19N5S/c1-12-20-16-8-7-14(11-22(16)21-12)18-9-15-10-19-17(23-15)13-5-3-2-4-6-13/h2-6,10,14,18H,7-9,11H2,1H3/t14-/m1/s1. The first-order valence-electron chi connectivity index (χ1n) is 7.92. The topological polar surface area (TPSA) is 55.6 Å². The summed E-state index contributed by atoms with van der Waals surface area (Å²) < 4.78 is 2.04. The molecule has 118 valence electrons. The highest BCUT2D eigenvalue weighted by Gasteiger charge is 2.20. The van der Waals surface area contributed by atoms with Gasteiger partial charge in [-0.1, -0.05) is 30.3 Å². The van der Waals surface area contributed by atoms with Gasteiger partial charge in [0.1, 0.15) is 16.7 Å². The predicted octanol–water partition coefficient (Wildman–Crippen LogP) is 2.81. The monoisotopic (exact) mass is 325 g/mol. The van der Waals surface area contributed by atoms with Gasteiger partial charge in [-0.15, -0.1) is 11.3 Å². The molecule has 1 N–H and O–H groups in total. The van der Waals surface area contributed by atoms with E-state index in [1.165, 1.54) is 10.4 Å². The molecule has 6 heteroatoms. The SMILES string of the molecule is Cc1nc2n(n1)C[C@H](NCc1cnc(-c3ccccc3)s1)CC2. The summed E-state index contributed by atoms with van der Waals surface area (Å²) in [5.74, 6) is 1.99. The van der Waals surface area contributed by atoms with Crippen molar-refractivity contribution >= 4 is 11.3 Å². The minimum absolute atomic E-state index is 0.450. The van der Waals surface area contributed by atoms with Gasteiger partial charge in [0.25, 0.3) is 0 Å². The maximum Gasteiger partial charge on any atom is 0.147 e. The van der Waals surface area contributed by atoms with Crippen molar-refractivity contribution < 1.29 is 0 Å². The highest BCUT2D eigenvalue weighted by atomic mass is 32.1. The van der Waals surface area contributed by atoms with Gasteiger partial charge in [0.05, 0.1) is 6.54 Å². The summed E-state index contributed by atoms with van der Waals surface area (Å²) in [7, 11) is 0. The smallest absolute Gasteiger partial charge is 0.147 e. The Hall–Kier alpha value is -2.05. The first kappa shape index (κ1) is 14.5. The first-order valence-corrected chi connectivity index (χ1v) is 8.73. The number of benzene rings is 1. The number of thiazole rings is 1. The van der Waals surface area contributed by atoms with E-state index in [2.05, 4.69) is 32.5 Å². The summed E-state index contributed by atoms with van der Waals surface area (Å²) in [4.78, 5) is 10.3. The molecule has 5 nitrogen and oxygen atoms in total. The van der Waals surface area contributed by atoms with Crippen LogP contribution in [0, 0.1) is 6.92 Å². The number of nitrogens with one attached hydrogen (secondary N) is 1. The third-order valence-corrected chi connectivity index (χ3v) is 5.15. The predicted molar refractivity (Wildman–Crippen MR) is 91.3 cm³/mol. The second-order valence-corrected chi connectivity index (χ2v) is 6.99. The van der Waals surface area contributed by atoms with Crippen LogP contribution in [0.3, 0.4) is 0 Å². The first-order chi connectivity index (χ1) is 11.3. The van der Waals surface area contributed by atoms with Gasteiger partial charge in [-0.3, -0.25) is 0 Å². The Morgan fingerprint density at radius 2 is 2.17 bits per heavy atom. The van der Waals surface area contributed by atoms with Crippen molar-refractivity contribution in [3.8, 4) is 10.6 Å². The number of rotatable bonds is 4. The van der Waals surface area contributed by atoms with Crippen molar-refractivity contribution in [2.75, 3.05) is 0 Å². The molecule has 1 aliphatic heterocycles. The molecule has 1 atom stereocenters. The van der Waals surface area contributed by atoms with Crippen molar-refractivity contribution in [3.63, 3.8) is 0 Å². The van der Waals surface area contributed by atoms with Gasteiger partial charge in [0.2, 0.25) is 0 Å². The molecule has 1 aliphatic rings. The second-order valence-electron chi connectivity index (χ2n) is 5.87. The molecule has 4 rings (SSSR count). The Morgan fingerprint density at radius 3 is 3.04 bits per heavy atom. The van der Waals surface area contributed by atoms with E-state index >= 15 is 0 Å². The zero-order valence-corrected chi connectivity index (χ0v) is 13.9. The van der Waals surface area contributed by atoms with Crippen LogP contribution in [0.1, 0.15) is 22.9 Å². The van der Waals surface area contributed by atoms with E-state index in [0.717, 1.165) is 42.6 Å². The molecule has 3 heterocycles. The average molecular weight is 325 g/mol. The second kappa shape index (κ2) is 6.22. The van der Waals surface area contributed by atoms with E-state index in [1.807, 2.05) is 36.0 Å². The van der Waals surface area contributed by atoms with Crippen LogP contribution in [0.5, 0.6) is 0 Å². The van der Waals surface area contributed by atoms with Crippen molar-refractivity contribution in [1.29, 1.82) is 0 Å². The van der Waals surface area contributed by atoms with Gasteiger partial charge in [-0.05, 0) is 13.3 Å². The summed E-state index contributed by atoms with van der Waals surface area (Å²) in [5.41, 5.74) is 1.18. The van der Waals surface area contributed by atoms with Gasteiger partial charge in [-0.2, -0.15) is 5.10 Å². The number of hydrogen-bond donors (Lipinski definition) is 1. The summed E-state index contributed by atoms with van der Waals surface area (Å²) in [6.45, 7) is 3.72. The van der Waals surface area contributed by atoms with E-state index in [4.69, 9.17) is 0 Å². The zero-order chi connectivity index (χ0) is 15.6. The van der Waals surface area contributed by atoms with Gasteiger partial charge in [0, 0.05) is 35.6 Å². The van der Waals surface area contributed by atoms with Crippen LogP contribution in [0.2, 0.25) is 0 Å². The third-order valence-electron chi connectivity index (χ3n) is 4.10. The molecule has 0 unspecified atom stereocenters. The molecule has 2 aromatic heterocycles. The minimum atomic E-state index is 0.450. The maximum absolute atomic E-state index is 4.54. The molecule has 0 amide bonds. The maximum atomic E-state index is 4.54. The van der Waals surface area contributed by atoms with Crippen molar-refractivity contribution in [2.45, 2.75) is 38.9 Å². The van der Waals surface area contributed by atoms with Crippen LogP contribution in [0.15, 0.2) is 36.5 Å².